The summed E-state index contributed by atoms with van der Waals surface area (Å²) in [5.74, 6) is 0. The van der Waals surface area contributed by atoms with E-state index in [1.54, 1.807) is 13.3 Å². The van der Waals surface area contributed by atoms with Crippen LogP contribution >= 0.6 is 11.6 Å². The summed E-state index contributed by atoms with van der Waals surface area (Å²) in [5.41, 5.74) is 1.03. The number of aromatic nitrogens is 2. The van der Waals surface area contributed by atoms with Crippen molar-refractivity contribution < 1.29 is 4.74 Å². The quantitative estimate of drug-likeness (QED) is 0.791. The molecule has 0 aromatic carbocycles. The Morgan fingerprint density at radius 1 is 1.44 bits per heavy atom. The van der Waals surface area contributed by atoms with Crippen molar-refractivity contribution in [3.8, 4) is 0 Å². The molecule has 0 aliphatic heterocycles. The monoisotopic (exact) mass is 273 g/mol. The third-order valence-electron chi connectivity index (χ3n) is 3.12. The predicted octanol–water partition coefficient (Wildman–Crippen LogP) is 3.02. The van der Waals surface area contributed by atoms with Crippen LogP contribution in [-0.4, -0.2) is 29.5 Å². The zero-order valence-electron chi connectivity index (χ0n) is 11.7. The van der Waals surface area contributed by atoms with Crippen LogP contribution in [0.2, 0.25) is 5.02 Å². The molecule has 104 valence electrons. The number of rotatable bonds is 8. The fourth-order valence-corrected chi connectivity index (χ4v) is 2.43. The molecule has 0 aliphatic carbocycles. The molecule has 0 fully saturated rings. The van der Waals surface area contributed by atoms with Gasteiger partial charge in [0.05, 0.1) is 29.1 Å². The molecule has 0 saturated carbocycles. The Morgan fingerprint density at radius 2 is 2.17 bits per heavy atom. The maximum Gasteiger partial charge on any atom is 0.0835 e. The van der Waals surface area contributed by atoms with Gasteiger partial charge in [0.15, 0.2) is 0 Å². The topological polar surface area (TPSA) is 39.1 Å². The third kappa shape index (κ3) is 3.46. The standard InChI is InChI=1S/C13H24ClN3O/c1-5-8-15-12(11(6-2)18-4)13-10(14)9-16-17(13)7-3/h9,11-12,15H,5-8H2,1-4H3. The number of hydrogen-bond donors (Lipinski definition) is 1. The number of aryl methyl sites for hydroxylation is 1. The van der Waals surface area contributed by atoms with Gasteiger partial charge in [0.2, 0.25) is 0 Å². The summed E-state index contributed by atoms with van der Waals surface area (Å²) in [6.45, 7) is 8.09. The molecule has 0 aliphatic rings. The van der Waals surface area contributed by atoms with Crippen molar-refractivity contribution >= 4 is 11.6 Å². The van der Waals surface area contributed by atoms with Gasteiger partial charge in [-0.15, -0.1) is 0 Å². The first kappa shape index (κ1) is 15.5. The van der Waals surface area contributed by atoms with E-state index in [0.29, 0.717) is 5.02 Å². The SMILES string of the molecule is CCCNC(c1c(Cl)cnn1CC)C(CC)OC. The van der Waals surface area contributed by atoms with Gasteiger partial charge < -0.3 is 10.1 Å². The van der Waals surface area contributed by atoms with Gasteiger partial charge >= 0.3 is 0 Å². The second-order valence-electron chi connectivity index (χ2n) is 4.31. The largest absolute Gasteiger partial charge is 0.379 e. The van der Waals surface area contributed by atoms with Crippen LogP contribution in [-0.2, 0) is 11.3 Å². The van der Waals surface area contributed by atoms with Crippen molar-refractivity contribution in [2.45, 2.75) is 52.3 Å². The summed E-state index contributed by atoms with van der Waals surface area (Å²) in [6, 6.07) is 0.0925. The molecule has 1 rings (SSSR count). The summed E-state index contributed by atoms with van der Waals surface area (Å²) >= 11 is 6.28. The Morgan fingerprint density at radius 3 is 2.67 bits per heavy atom. The summed E-state index contributed by atoms with van der Waals surface area (Å²) in [4.78, 5) is 0. The molecular formula is C13H24ClN3O. The van der Waals surface area contributed by atoms with Crippen LogP contribution in [0.15, 0.2) is 6.20 Å². The Labute approximate surface area is 115 Å². The van der Waals surface area contributed by atoms with Gasteiger partial charge in [-0.05, 0) is 26.3 Å². The molecule has 1 aromatic rings. The van der Waals surface area contributed by atoms with Crippen molar-refractivity contribution in [3.05, 3.63) is 16.9 Å². The molecule has 2 unspecified atom stereocenters. The Hall–Kier alpha value is -0.580. The lowest BCUT2D eigenvalue weighted by Gasteiger charge is -2.27. The number of ether oxygens (including phenoxy) is 1. The van der Waals surface area contributed by atoms with Gasteiger partial charge in [-0.2, -0.15) is 5.10 Å². The first-order valence-corrected chi connectivity index (χ1v) is 7.04. The van der Waals surface area contributed by atoms with Gasteiger partial charge in [-0.3, -0.25) is 4.68 Å². The van der Waals surface area contributed by atoms with E-state index in [4.69, 9.17) is 16.3 Å². The van der Waals surface area contributed by atoms with Crippen LogP contribution in [0.25, 0.3) is 0 Å². The first-order valence-electron chi connectivity index (χ1n) is 6.66. The van der Waals surface area contributed by atoms with Crippen LogP contribution in [0.5, 0.6) is 0 Å². The van der Waals surface area contributed by atoms with Crippen molar-refractivity contribution in [2.24, 2.45) is 0 Å². The first-order chi connectivity index (χ1) is 8.69. The van der Waals surface area contributed by atoms with Crippen LogP contribution in [0.3, 0.4) is 0 Å². The molecular weight excluding hydrogens is 250 g/mol. The lowest BCUT2D eigenvalue weighted by Crippen LogP contribution is -2.35. The predicted molar refractivity (Wildman–Crippen MR) is 75.0 cm³/mol. The normalized spacial score (nSPS) is 14.7. The maximum atomic E-state index is 6.28. The number of methoxy groups -OCH3 is 1. The van der Waals surface area contributed by atoms with E-state index in [9.17, 15) is 0 Å². The number of hydrogen-bond acceptors (Lipinski definition) is 3. The molecule has 0 spiro atoms. The van der Waals surface area contributed by atoms with E-state index < -0.39 is 0 Å². The number of nitrogens with one attached hydrogen (secondary N) is 1. The van der Waals surface area contributed by atoms with Crippen LogP contribution in [0, 0.1) is 0 Å². The van der Waals surface area contributed by atoms with Crippen LogP contribution in [0.1, 0.15) is 45.3 Å². The van der Waals surface area contributed by atoms with Gasteiger partial charge in [-0.25, -0.2) is 0 Å². The molecule has 2 atom stereocenters. The molecule has 1 N–H and O–H groups in total. The molecule has 0 saturated heterocycles. The fourth-order valence-electron chi connectivity index (χ4n) is 2.18. The second-order valence-corrected chi connectivity index (χ2v) is 4.71. The summed E-state index contributed by atoms with van der Waals surface area (Å²) < 4.78 is 7.52. The van der Waals surface area contributed by atoms with Crippen molar-refractivity contribution in [1.29, 1.82) is 0 Å². The Balaban J connectivity index is 3.03. The van der Waals surface area contributed by atoms with E-state index in [2.05, 4.69) is 31.2 Å². The highest BCUT2D eigenvalue weighted by molar-refractivity contribution is 6.31. The van der Waals surface area contributed by atoms with Gasteiger partial charge in [0, 0.05) is 13.7 Å². The average Bonchev–Trinajstić information content (AvgIpc) is 2.75. The van der Waals surface area contributed by atoms with Gasteiger partial charge in [0.25, 0.3) is 0 Å². The minimum absolute atomic E-state index is 0.0925. The Bertz CT molecular complexity index is 350. The van der Waals surface area contributed by atoms with Gasteiger partial charge in [-0.1, -0.05) is 25.4 Å². The van der Waals surface area contributed by atoms with E-state index in [0.717, 1.165) is 31.6 Å². The zero-order chi connectivity index (χ0) is 13.5. The highest BCUT2D eigenvalue weighted by Crippen LogP contribution is 2.27. The zero-order valence-corrected chi connectivity index (χ0v) is 12.5. The molecule has 0 bridgehead atoms. The Kier molecular flexibility index (Phi) is 6.68. The van der Waals surface area contributed by atoms with E-state index >= 15 is 0 Å². The number of halogens is 1. The van der Waals surface area contributed by atoms with E-state index in [-0.39, 0.29) is 12.1 Å². The minimum atomic E-state index is 0.0925. The van der Waals surface area contributed by atoms with Crippen molar-refractivity contribution in [2.75, 3.05) is 13.7 Å². The summed E-state index contributed by atoms with van der Waals surface area (Å²) in [5, 5.41) is 8.53. The molecule has 18 heavy (non-hydrogen) atoms. The third-order valence-corrected chi connectivity index (χ3v) is 3.41. The van der Waals surface area contributed by atoms with Crippen LogP contribution < -0.4 is 5.32 Å². The second kappa shape index (κ2) is 7.77. The summed E-state index contributed by atoms with van der Waals surface area (Å²) in [7, 11) is 1.75. The van der Waals surface area contributed by atoms with Crippen molar-refractivity contribution in [1.82, 2.24) is 15.1 Å². The highest BCUT2D eigenvalue weighted by atomic mass is 35.5. The lowest BCUT2D eigenvalue weighted by atomic mass is 10.0. The molecule has 0 radical (unpaired) electrons. The highest BCUT2D eigenvalue weighted by Gasteiger charge is 2.26. The molecule has 5 heteroatoms. The van der Waals surface area contributed by atoms with Crippen molar-refractivity contribution in [3.63, 3.8) is 0 Å². The smallest absolute Gasteiger partial charge is 0.0835 e. The van der Waals surface area contributed by atoms with E-state index in [1.807, 2.05) is 4.68 Å². The lowest BCUT2D eigenvalue weighted by molar-refractivity contribution is 0.0623. The average molecular weight is 274 g/mol. The van der Waals surface area contributed by atoms with Gasteiger partial charge in [0.1, 0.15) is 0 Å². The molecule has 1 heterocycles. The van der Waals surface area contributed by atoms with Crippen LogP contribution in [0.4, 0.5) is 0 Å². The minimum Gasteiger partial charge on any atom is -0.379 e. The molecule has 1 aromatic heterocycles. The number of nitrogens with zero attached hydrogens (tertiary/aromatic N) is 2. The van der Waals surface area contributed by atoms with E-state index in [1.165, 1.54) is 0 Å². The maximum absolute atomic E-state index is 6.28. The molecule has 4 nitrogen and oxygen atoms in total. The molecule has 0 amide bonds. The fraction of sp³-hybridized carbons (Fsp3) is 0.769. The summed E-state index contributed by atoms with van der Waals surface area (Å²) in [6.07, 6.45) is 3.83.